The summed E-state index contributed by atoms with van der Waals surface area (Å²) in [5.41, 5.74) is 0. The van der Waals surface area contributed by atoms with E-state index in [0.29, 0.717) is 6.10 Å². The van der Waals surface area contributed by atoms with E-state index >= 15 is 0 Å². The van der Waals surface area contributed by atoms with Crippen LogP contribution in [0.5, 0.6) is 0 Å². The normalized spacial score (nSPS) is 22.5. The fraction of sp³-hybridized carbons (Fsp3) is 0.667. The second-order valence-corrected chi connectivity index (χ2v) is 5.63. The van der Waals surface area contributed by atoms with Gasteiger partial charge in [0.05, 0.1) is 17.2 Å². The minimum Gasteiger partial charge on any atom is -0.388 e. The third-order valence-corrected chi connectivity index (χ3v) is 4.33. The zero-order valence-corrected chi connectivity index (χ0v) is 10.8. The Morgan fingerprint density at radius 2 is 2.50 bits per heavy atom. The highest BCUT2D eigenvalue weighted by atomic mass is 35.5. The van der Waals surface area contributed by atoms with E-state index < -0.39 is 0 Å². The van der Waals surface area contributed by atoms with E-state index in [1.165, 1.54) is 24.2 Å². The Bertz CT molecular complexity index is 321. The number of aliphatic hydroxyl groups is 1. The van der Waals surface area contributed by atoms with E-state index in [1.807, 2.05) is 11.4 Å². The van der Waals surface area contributed by atoms with Crippen molar-refractivity contribution < 1.29 is 9.84 Å². The maximum absolute atomic E-state index is 9.92. The highest BCUT2D eigenvalue weighted by molar-refractivity contribution is 7.10. The van der Waals surface area contributed by atoms with Gasteiger partial charge in [0.25, 0.3) is 0 Å². The Morgan fingerprint density at radius 1 is 1.62 bits per heavy atom. The molecule has 1 aromatic heterocycles. The quantitative estimate of drug-likeness (QED) is 0.873. The topological polar surface area (TPSA) is 29.5 Å². The molecule has 1 aromatic rings. The summed E-state index contributed by atoms with van der Waals surface area (Å²) in [6, 6.07) is 1.85. The van der Waals surface area contributed by atoms with Gasteiger partial charge in [-0.3, -0.25) is 0 Å². The first-order chi connectivity index (χ1) is 7.75. The van der Waals surface area contributed by atoms with Gasteiger partial charge in [-0.2, -0.15) is 0 Å². The van der Waals surface area contributed by atoms with E-state index in [2.05, 4.69) is 0 Å². The standard InChI is InChI=1S/C12H17ClO2S/c13-9-7-12(16-8-9)11(14)5-1-3-10-4-2-6-15-10/h7-8,10-11,14H,1-6H2. The molecule has 1 saturated heterocycles. The second kappa shape index (κ2) is 6.01. The van der Waals surface area contributed by atoms with Gasteiger partial charge in [-0.25, -0.2) is 0 Å². The van der Waals surface area contributed by atoms with Crippen molar-refractivity contribution in [1.82, 2.24) is 0 Å². The molecule has 0 radical (unpaired) electrons. The highest BCUT2D eigenvalue weighted by Crippen LogP contribution is 2.29. The molecule has 0 aromatic carbocycles. The van der Waals surface area contributed by atoms with E-state index in [0.717, 1.165) is 35.8 Å². The number of thiophene rings is 1. The second-order valence-electron chi connectivity index (χ2n) is 4.25. The summed E-state index contributed by atoms with van der Waals surface area (Å²) in [5, 5.41) is 12.5. The average molecular weight is 261 g/mol. The molecule has 0 bridgehead atoms. The maximum Gasteiger partial charge on any atom is 0.0882 e. The number of hydrogen-bond acceptors (Lipinski definition) is 3. The number of halogens is 1. The van der Waals surface area contributed by atoms with E-state index in [9.17, 15) is 5.11 Å². The fourth-order valence-electron chi connectivity index (χ4n) is 2.06. The van der Waals surface area contributed by atoms with Gasteiger partial charge < -0.3 is 9.84 Å². The molecule has 2 nitrogen and oxygen atoms in total. The van der Waals surface area contributed by atoms with E-state index in [-0.39, 0.29) is 6.10 Å². The van der Waals surface area contributed by atoms with Crippen molar-refractivity contribution in [2.75, 3.05) is 6.61 Å². The Hall–Kier alpha value is -0.0900. The smallest absolute Gasteiger partial charge is 0.0882 e. The summed E-state index contributed by atoms with van der Waals surface area (Å²) in [6.07, 6.45) is 5.32. The van der Waals surface area contributed by atoms with Crippen LogP contribution in [0.2, 0.25) is 5.02 Å². The lowest BCUT2D eigenvalue weighted by molar-refractivity contribution is 0.0948. The monoisotopic (exact) mass is 260 g/mol. The van der Waals surface area contributed by atoms with Crippen molar-refractivity contribution in [2.45, 2.75) is 44.3 Å². The molecule has 2 atom stereocenters. The minimum absolute atomic E-state index is 0.362. The van der Waals surface area contributed by atoms with Gasteiger partial charge in [0, 0.05) is 16.9 Å². The minimum atomic E-state index is -0.362. The maximum atomic E-state index is 9.92. The number of ether oxygens (including phenoxy) is 1. The van der Waals surface area contributed by atoms with E-state index in [1.54, 1.807) is 0 Å². The third-order valence-electron chi connectivity index (χ3n) is 2.94. The van der Waals surface area contributed by atoms with Crippen LogP contribution in [0.4, 0.5) is 0 Å². The number of rotatable bonds is 5. The van der Waals surface area contributed by atoms with E-state index in [4.69, 9.17) is 16.3 Å². The molecular weight excluding hydrogens is 244 g/mol. The van der Waals surface area contributed by atoms with Crippen molar-refractivity contribution in [2.24, 2.45) is 0 Å². The first-order valence-electron chi connectivity index (χ1n) is 5.79. The largest absolute Gasteiger partial charge is 0.388 e. The van der Waals surface area contributed by atoms with Gasteiger partial charge in [0.15, 0.2) is 0 Å². The van der Waals surface area contributed by atoms with Crippen LogP contribution in [0.1, 0.15) is 43.1 Å². The summed E-state index contributed by atoms with van der Waals surface area (Å²) in [6.45, 7) is 0.910. The van der Waals surface area contributed by atoms with Gasteiger partial charge in [0.1, 0.15) is 0 Å². The molecule has 0 saturated carbocycles. The Morgan fingerprint density at radius 3 is 3.12 bits per heavy atom. The first-order valence-corrected chi connectivity index (χ1v) is 7.05. The molecule has 0 aliphatic carbocycles. The fourth-order valence-corrected chi connectivity index (χ4v) is 3.16. The summed E-state index contributed by atoms with van der Waals surface area (Å²) in [5.74, 6) is 0. The lowest BCUT2D eigenvalue weighted by atomic mass is 10.1. The molecular formula is C12H17ClO2S. The average Bonchev–Trinajstić information content (AvgIpc) is 2.89. The highest BCUT2D eigenvalue weighted by Gasteiger charge is 2.16. The van der Waals surface area contributed by atoms with Gasteiger partial charge in [-0.1, -0.05) is 11.6 Å². The van der Waals surface area contributed by atoms with Crippen molar-refractivity contribution in [3.05, 3.63) is 21.3 Å². The molecule has 90 valence electrons. The van der Waals surface area contributed by atoms with Crippen LogP contribution < -0.4 is 0 Å². The zero-order chi connectivity index (χ0) is 11.4. The molecule has 1 aliphatic rings. The third kappa shape index (κ3) is 3.45. The molecule has 1 aliphatic heterocycles. The molecule has 2 rings (SSSR count). The van der Waals surface area contributed by atoms with Gasteiger partial charge in [-0.15, -0.1) is 11.3 Å². The predicted molar refractivity (Wildman–Crippen MR) is 67.1 cm³/mol. The molecule has 0 spiro atoms. The van der Waals surface area contributed by atoms with Crippen LogP contribution in [0.15, 0.2) is 11.4 Å². The SMILES string of the molecule is OC(CCCC1CCCO1)c1cc(Cl)cs1. The molecule has 16 heavy (non-hydrogen) atoms. The Labute approximate surface area is 105 Å². The Kier molecular flexibility index (Phi) is 4.65. The van der Waals surface area contributed by atoms with Crippen molar-refractivity contribution in [3.8, 4) is 0 Å². The first kappa shape index (κ1) is 12.4. The van der Waals surface area contributed by atoms with Crippen molar-refractivity contribution in [3.63, 3.8) is 0 Å². The van der Waals surface area contributed by atoms with Crippen LogP contribution >= 0.6 is 22.9 Å². The lowest BCUT2D eigenvalue weighted by Gasteiger charge is -2.11. The van der Waals surface area contributed by atoms with Crippen LogP contribution in [0, 0.1) is 0 Å². The van der Waals surface area contributed by atoms with Crippen LogP contribution in [0.25, 0.3) is 0 Å². The van der Waals surface area contributed by atoms with Gasteiger partial charge in [-0.05, 0) is 38.2 Å². The predicted octanol–water partition coefficient (Wildman–Crippen LogP) is 3.78. The summed E-state index contributed by atoms with van der Waals surface area (Å²) < 4.78 is 5.54. The molecule has 1 N–H and O–H groups in total. The van der Waals surface area contributed by atoms with Gasteiger partial charge >= 0.3 is 0 Å². The van der Waals surface area contributed by atoms with Gasteiger partial charge in [0.2, 0.25) is 0 Å². The zero-order valence-electron chi connectivity index (χ0n) is 9.19. The van der Waals surface area contributed by atoms with Crippen LogP contribution in [0.3, 0.4) is 0 Å². The molecule has 0 amide bonds. The number of aliphatic hydroxyl groups excluding tert-OH is 1. The summed E-state index contributed by atoms with van der Waals surface area (Å²) >= 11 is 7.35. The summed E-state index contributed by atoms with van der Waals surface area (Å²) in [4.78, 5) is 0.970. The van der Waals surface area contributed by atoms with Crippen molar-refractivity contribution >= 4 is 22.9 Å². The van der Waals surface area contributed by atoms with Crippen molar-refractivity contribution in [1.29, 1.82) is 0 Å². The molecule has 4 heteroatoms. The van der Waals surface area contributed by atoms with Crippen LogP contribution in [-0.4, -0.2) is 17.8 Å². The molecule has 2 heterocycles. The molecule has 2 unspecified atom stereocenters. The number of hydrogen-bond donors (Lipinski definition) is 1. The Balaban J connectivity index is 1.69. The lowest BCUT2D eigenvalue weighted by Crippen LogP contribution is -2.05. The van der Waals surface area contributed by atoms with Crippen LogP contribution in [-0.2, 0) is 4.74 Å². The summed E-state index contributed by atoms with van der Waals surface area (Å²) in [7, 11) is 0. The molecule has 1 fully saturated rings.